The molecule has 1 heterocycles. The van der Waals surface area contributed by atoms with Crippen molar-refractivity contribution in [3.05, 3.63) is 30.1 Å². The molecule has 0 aliphatic heterocycles. The van der Waals surface area contributed by atoms with Crippen molar-refractivity contribution >= 4 is 0 Å². The summed E-state index contributed by atoms with van der Waals surface area (Å²) in [5, 5.41) is 0. The van der Waals surface area contributed by atoms with Gasteiger partial charge in [0.05, 0.1) is 12.2 Å². The Morgan fingerprint density at radius 2 is 2.17 bits per heavy atom. The molecule has 2 N–H and O–H groups in total. The van der Waals surface area contributed by atoms with Crippen molar-refractivity contribution < 1.29 is 4.74 Å². The largest absolute Gasteiger partial charge is 0.369 e. The lowest BCUT2D eigenvalue weighted by Gasteiger charge is -2.31. The normalized spacial score (nSPS) is 25.9. The first-order valence-electron chi connectivity index (χ1n) is 7.09. The van der Waals surface area contributed by atoms with Crippen molar-refractivity contribution in [3.63, 3.8) is 0 Å². The number of ether oxygens (including phenoxy) is 1. The van der Waals surface area contributed by atoms with Crippen molar-refractivity contribution in [1.29, 1.82) is 0 Å². The second kappa shape index (κ2) is 6.86. The summed E-state index contributed by atoms with van der Waals surface area (Å²) in [5.74, 6) is 0.833. The van der Waals surface area contributed by atoms with Gasteiger partial charge in [0.25, 0.3) is 0 Å². The monoisotopic (exact) mass is 248 g/mol. The molecule has 0 bridgehead atoms. The van der Waals surface area contributed by atoms with E-state index in [1.165, 1.54) is 32.1 Å². The summed E-state index contributed by atoms with van der Waals surface area (Å²) in [4.78, 5) is 4.04. The molecule has 0 aromatic carbocycles. The van der Waals surface area contributed by atoms with Gasteiger partial charge >= 0.3 is 0 Å². The maximum absolute atomic E-state index is 6.21. The van der Waals surface area contributed by atoms with E-state index in [0.717, 1.165) is 11.5 Å². The number of rotatable bonds is 5. The van der Waals surface area contributed by atoms with Gasteiger partial charge in [-0.25, -0.2) is 0 Å². The zero-order valence-corrected chi connectivity index (χ0v) is 11.2. The Hall–Kier alpha value is -0.930. The fourth-order valence-electron chi connectivity index (χ4n) is 2.82. The lowest BCUT2D eigenvalue weighted by molar-refractivity contribution is -0.0382. The Bertz CT molecular complexity index is 342. The molecule has 3 unspecified atom stereocenters. The second-order valence-electron chi connectivity index (χ2n) is 5.20. The van der Waals surface area contributed by atoms with E-state index in [1.54, 1.807) is 12.4 Å². The van der Waals surface area contributed by atoms with Gasteiger partial charge in [0, 0.05) is 18.9 Å². The molecule has 0 amide bonds. The molecule has 0 spiro atoms. The average molecular weight is 248 g/mol. The van der Waals surface area contributed by atoms with Crippen LogP contribution in [0.1, 0.15) is 50.7 Å². The first-order chi connectivity index (χ1) is 8.83. The van der Waals surface area contributed by atoms with Gasteiger partial charge in [-0.15, -0.1) is 0 Å². The Morgan fingerprint density at radius 3 is 2.83 bits per heavy atom. The van der Waals surface area contributed by atoms with Crippen LogP contribution in [0.4, 0.5) is 0 Å². The Labute approximate surface area is 110 Å². The molecular weight excluding hydrogens is 224 g/mol. The maximum atomic E-state index is 6.21. The number of hydrogen-bond donors (Lipinski definition) is 1. The molecule has 100 valence electrons. The third-order valence-corrected chi connectivity index (χ3v) is 3.96. The minimum atomic E-state index is 0.0219. The summed E-state index contributed by atoms with van der Waals surface area (Å²) in [6, 6.07) is 4.00. The highest BCUT2D eigenvalue weighted by Gasteiger charge is 2.24. The predicted molar refractivity (Wildman–Crippen MR) is 73.2 cm³/mol. The molecule has 3 atom stereocenters. The highest BCUT2D eigenvalue weighted by Crippen LogP contribution is 2.31. The summed E-state index contributed by atoms with van der Waals surface area (Å²) in [6.45, 7) is 2.81. The van der Waals surface area contributed by atoms with Crippen LogP contribution in [0.2, 0.25) is 0 Å². The molecule has 1 saturated carbocycles. The molecule has 3 nitrogen and oxygen atoms in total. The quantitative estimate of drug-likeness (QED) is 0.871. The van der Waals surface area contributed by atoms with Crippen LogP contribution < -0.4 is 5.73 Å². The van der Waals surface area contributed by atoms with E-state index >= 15 is 0 Å². The Balaban J connectivity index is 1.94. The van der Waals surface area contributed by atoms with Gasteiger partial charge in [0.2, 0.25) is 0 Å². The smallest absolute Gasteiger partial charge is 0.0951 e. The molecule has 1 aromatic rings. The summed E-state index contributed by atoms with van der Waals surface area (Å²) < 4.78 is 6.21. The van der Waals surface area contributed by atoms with E-state index in [0.29, 0.717) is 12.6 Å². The molecule has 2 rings (SSSR count). The summed E-state index contributed by atoms with van der Waals surface area (Å²) in [6.07, 6.45) is 10.3. The van der Waals surface area contributed by atoms with Crippen LogP contribution >= 0.6 is 0 Å². The fourth-order valence-corrected chi connectivity index (χ4v) is 2.82. The van der Waals surface area contributed by atoms with Crippen LogP contribution in [0, 0.1) is 5.92 Å². The van der Waals surface area contributed by atoms with E-state index in [2.05, 4.69) is 11.9 Å². The second-order valence-corrected chi connectivity index (χ2v) is 5.20. The summed E-state index contributed by atoms with van der Waals surface area (Å²) in [5.41, 5.74) is 6.99. The van der Waals surface area contributed by atoms with Crippen LogP contribution in [-0.4, -0.2) is 17.6 Å². The van der Waals surface area contributed by atoms with Gasteiger partial charge in [0.15, 0.2) is 0 Å². The Morgan fingerprint density at radius 1 is 1.39 bits per heavy atom. The van der Waals surface area contributed by atoms with Gasteiger partial charge in [-0.05, 0) is 36.5 Å². The lowest BCUT2D eigenvalue weighted by Crippen LogP contribution is -2.27. The van der Waals surface area contributed by atoms with Crippen LogP contribution in [0.25, 0.3) is 0 Å². The van der Waals surface area contributed by atoms with Crippen molar-refractivity contribution in [3.8, 4) is 0 Å². The third kappa shape index (κ3) is 3.53. The first-order valence-corrected chi connectivity index (χ1v) is 7.09. The number of aromatic nitrogens is 1. The van der Waals surface area contributed by atoms with E-state index in [4.69, 9.17) is 10.5 Å². The van der Waals surface area contributed by atoms with Gasteiger partial charge < -0.3 is 10.5 Å². The summed E-state index contributed by atoms with van der Waals surface area (Å²) in [7, 11) is 0. The maximum Gasteiger partial charge on any atom is 0.0951 e. The van der Waals surface area contributed by atoms with Gasteiger partial charge in [0.1, 0.15) is 0 Å². The van der Waals surface area contributed by atoms with Crippen LogP contribution in [0.3, 0.4) is 0 Å². The minimum absolute atomic E-state index is 0.0219. The van der Waals surface area contributed by atoms with Crippen molar-refractivity contribution in [2.24, 2.45) is 11.7 Å². The molecule has 3 heteroatoms. The van der Waals surface area contributed by atoms with Crippen molar-refractivity contribution in [1.82, 2.24) is 4.98 Å². The van der Waals surface area contributed by atoms with Crippen LogP contribution in [0.15, 0.2) is 24.5 Å². The van der Waals surface area contributed by atoms with E-state index in [1.807, 2.05) is 12.1 Å². The van der Waals surface area contributed by atoms with Gasteiger partial charge in [-0.3, -0.25) is 4.98 Å². The molecule has 1 fully saturated rings. The molecule has 1 aliphatic rings. The Kier molecular flexibility index (Phi) is 5.14. The molecule has 18 heavy (non-hydrogen) atoms. The highest BCUT2D eigenvalue weighted by molar-refractivity contribution is 5.13. The number of nitrogens with two attached hydrogens (primary N) is 1. The van der Waals surface area contributed by atoms with E-state index < -0.39 is 0 Å². The predicted octanol–water partition coefficient (Wildman–Crippen LogP) is 3.07. The van der Waals surface area contributed by atoms with E-state index in [-0.39, 0.29) is 6.10 Å². The van der Waals surface area contributed by atoms with Crippen LogP contribution in [0.5, 0.6) is 0 Å². The number of hydrogen-bond acceptors (Lipinski definition) is 3. The fraction of sp³-hybridized carbons (Fsp3) is 0.667. The molecule has 0 radical (unpaired) electrons. The number of nitrogens with zero attached hydrogens (tertiary/aromatic N) is 1. The number of pyridine rings is 1. The standard InChI is InChI=1S/C15H24N2O/c1-2-12-4-3-5-14(10-12)18-15(11-16)13-6-8-17-9-7-13/h6-9,12,14-15H,2-5,10-11,16H2,1H3. The van der Waals surface area contributed by atoms with Crippen molar-refractivity contribution in [2.45, 2.75) is 51.2 Å². The zero-order valence-electron chi connectivity index (χ0n) is 11.2. The molecular formula is C15H24N2O. The minimum Gasteiger partial charge on any atom is -0.369 e. The third-order valence-electron chi connectivity index (χ3n) is 3.96. The SMILES string of the molecule is CCC1CCCC(OC(CN)c2ccncc2)C1. The molecule has 1 aromatic heterocycles. The first kappa shape index (κ1) is 13.5. The van der Waals surface area contributed by atoms with E-state index in [9.17, 15) is 0 Å². The van der Waals surface area contributed by atoms with Gasteiger partial charge in [-0.1, -0.05) is 26.2 Å². The highest BCUT2D eigenvalue weighted by atomic mass is 16.5. The average Bonchev–Trinajstić information content (AvgIpc) is 2.46. The summed E-state index contributed by atoms with van der Waals surface area (Å²) >= 11 is 0. The molecule has 0 saturated heterocycles. The van der Waals surface area contributed by atoms with Crippen LogP contribution in [-0.2, 0) is 4.74 Å². The van der Waals surface area contributed by atoms with Gasteiger partial charge in [-0.2, -0.15) is 0 Å². The molecule has 1 aliphatic carbocycles. The topological polar surface area (TPSA) is 48.1 Å². The lowest BCUT2D eigenvalue weighted by atomic mass is 9.85. The zero-order chi connectivity index (χ0) is 12.8. The van der Waals surface area contributed by atoms with Crippen molar-refractivity contribution in [2.75, 3.05) is 6.54 Å².